The van der Waals surface area contributed by atoms with Gasteiger partial charge in [0.25, 0.3) is 0 Å². The molecule has 3 heterocycles. The minimum absolute atomic E-state index is 0.821. The third kappa shape index (κ3) is 2.77. The van der Waals surface area contributed by atoms with Crippen LogP contribution in [0.25, 0.3) is 0 Å². The Morgan fingerprint density at radius 1 is 1.28 bits per heavy atom. The molecular weight excluding hydrogens is 222 g/mol. The molecule has 0 aliphatic carbocycles. The van der Waals surface area contributed by atoms with E-state index in [1.54, 1.807) is 0 Å². The molecule has 0 saturated carbocycles. The van der Waals surface area contributed by atoms with Crippen LogP contribution in [-0.4, -0.2) is 34.1 Å². The van der Waals surface area contributed by atoms with Gasteiger partial charge in [0.2, 0.25) is 0 Å². The molecule has 0 aromatic carbocycles. The van der Waals surface area contributed by atoms with E-state index in [2.05, 4.69) is 22.6 Å². The van der Waals surface area contributed by atoms with Gasteiger partial charge in [-0.15, -0.1) is 0 Å². The fourth-order valence-corrected chi connectivity index (χ4v) is 3.25. The number of imidazole rings is 1. The molecule has 0 radical (unpaired) electrons. The molecule has 2 aliphatic heterocycles. The van der Waals surface area contributed by atoms with E-state index in [-0.39, 0.29) is 0 Å². The van der Waals surface area contributed by atoms with Crippen molar-refractivity contribution in [3.8, 4) is 0 Å². The summed E-state index contributed by atoms with van der Waals surface area (Å²) in [7, 11) is 0. The van der Waals surface area contributed by atoms with Crippen LogP contribution in [0.3, 0.4) is 0 Å². The molecule has 3 heteroatoms. The van der Waals surface area contributed by atoms with Crippen molar-refractivity contribution in [1.29, 1.82) is 0 Å². The quantitative estimate of drug-likeness (QED) is 0.818. The summed E-state index contributed by atoms with van der Waals surface area (Å²) in [6.07, 6.45) is 10.1. The zero-order valence-corrected chi connectivity index (χ0v) is 11.6. The summed E-state index contributed by atoms with van der Waals surface area (Å²) < 4.78 is 2.39. The Morgan fingerprint density at radius 3 is 2.94 bits per heavy atom. The van der Waals surface area contributed by atoms with Gasteiger partial charge >= 0.3 is 0 Å². The molecule has 1 atom stereocenters. The molecule has 1 unspecified atom stereocenters. The SMILES string of the molecule is CC1CCc2nc(CCN3CCCCC3)cn2C1. The summed E-state index contributed by atoms with van der Waals surface area (Å²) in [5, 5.41) is 0. The lowest BCUT2D eigenvalue weighted by Crippen LogP contribution is -2.31. The van der Waals surface area contributed by atoms with Gasteiger partial charge < -0.3 is 9.47 Å². The average Bonchev–Trinajstić information content (AvgIpc) is 2.79. The van der Waals surface area contributed by atoms with Gasteiger partial charge in [-0.1, -0.05) is 13.3 Å². The molecular formula is C15H25N3. The number of nitrogens with zero attached hydrogens (tertiary/aromatic N) is 3. The van der Waals surface area contributed by atoms with E-state index < -0.39 is 0 Å². The van der Waals surface area contributed by atoms with Gasteiger partial charge in [-0.2, -0.15) is 0 Å². The van der Waals surface area contributed by atoms with Crippen molar-refractivity contribution in [2.75, 3.05) is 19.6 Å². The number of piperidine rings is 1. The van der Waals surface area contributed by atoms with E-state index in [0.717, 1.165) is 12.3 Å². The number of rotatable bonds is 3. The Morgan fingerprint density at radius 2 is 2.11 bits per heavy atom. The summed E-state index contributed by atoms with van der Waals surface area (Å²) in [4.78, 5) is 7.41. The molecule has 0 bridgehead atoms. The monoisotopic (exact) mass is 247 g/mol. The second-order valence-corrected chi connectivity index (χ2v) is 6.10. The second-order valence-electron chi connectivity index (χ2n) is 6.10. The normalized spacial score (nSPS) is 25.1. The van der Waals surface area contributed by atoms with E-state index in [1.165, 1.54) is 69.8 Å². The van der Waals surface area contributed by atoms with Crippen molar-refractivity contribution in [2.45, 2.75) is 52.0 Å². The first-order valence-electron chi connectivity index (χ1n) is 7.58. The molecule has 18 heavy (non-hydrogen) atoms. The second kappa shape index (κ2) is 5.43. The van der Waals surface area contributed by atoms with Crippen molar-refractivity contribution < 1.29 is 0 Å². The van der Waals surface area contributed by atoms with Gasteiger partial charge in [-0.05, 0) is 38.3 Å². The molecule has 0 spiro atoms. The molecule has 1 saturated heterocycles. The predicted molar refractivity (Wildman–Crippen MR) is 73.7 cm³/mol. The first kappa shape index (κ1) is 12.2. The first-order valence-corrected chi connectivity index (χ1v) is 7.58. The first-order chi connectivity index (χ1) is 8.81. The van der Waals surface area contributed by atoms with Gasteiger partial charge in [-0.3, -0.25) is 0 Å². The van der Waals surface area contributed by atoms with Crippen LogP contribution in [0.2, 0.25) is 0 Å². The highest BCUT2D eigenvalue weighted by Crippen LogP contribution is 2.19. The Hall–Kier alpha value is -0.830. The van der Waals surface area contributed by atoms with Crippen LogP contribution in [0, 0.1) is 5.92 Å². The number of aromatic nitrogens is 2. The van der Waals surface area contributed by atoms with Gasteiger partial charge in [-0.25, -0.2) is 4.98 Å². The van der Waals surface area contributed by atoms with Crippen molar-refractivity contribution in [2.24, 2.45) is 5.92 Å². The lowest BCUT2D eigenvalue weighted by molar-refractivity contribution is 0.231. The lowest BCUT2D eigenvalue weighted by atomic mass is 10.0. The van der Waals surface area contributed by atoms with Gasteiger partial charge in [0.1, 0.15) is 5.82 Å². The average molecular weight is 247 g/mol. The van der Waals surface area contributed by atoms with E-state index in [0.29, 0.717) is 0 Å². The van der Waals surface area contributed by atoms with Crippen LogP contribution in [-0.2, 0) is 19.4 Å². The van der Waals surface area contributed by atoms with Crippen LogP contribution >= 0.6 is 0 Å². The summed E-state index contributed by atoms with van der Waals surface area (Å²) in [6, 6.07) is 0. The molecule has 2 aliphatic rings. The Bertz CT molecular complexity index is 390. The molecule has 1 aromatic heterocycles. The van der Waals surface area contributed by atoms with Crippen LogP contribution < -0.4 is 0 Å². The van der Waals surface area contributed by atoms with E-state index >= 15 is 0 Å². The highest BCUT2D eigenvalue weighted by molar-refractivity contribution is 5.07. The molecule has 1 aromatic rings. The zero-order chi connectivity index (χ0) is 12.4. The highest BCUT2D eigenvalue weighted by Gasteiger charge is 2.17. The van der Waals surface area contributed by atoms with Crippen molar-refractivity contribution in [3.63, 3.8) is 0 Å². The Labute approximate surface area is 110 Å². The zero-order valence-electron chi connectivity index (χ0n) is 11.6. The molecule has 1 fully saturated rings. The third-order valence-corrected chi connectivity index (χ3v) is 4.41. The predicted octanol–water partition coefficient (Wildman–Crippen LogP) is 2.49. The summed E-state index contributed by atoms with van der Waals surface area (Å²) in [6.45, 7) is 7.31. The smallest absolute Gasteiger partial charge is 0.108 e. The summed E-state index contributed by atoms with van der Waals surface area (Å²) >= 11 is 0. The van der Waals surface area contributed by atoms with Gasteiger partial charge in [0.05, 0.1) is 5.69 Å². The van der Waals surface area contributed by atoms with Crippen LogP contribution in [0.1, 0.15) is 44.1 Å². The van der Waals surface area contributed by atoms with Crippen molar-refractivity contribution in [3.05, 3.63) is 17.7 Å². The standard InChI is InChI=1S/C15H25N3/c1-13-5-6-15-16-14(12-18(15)11-13)7-10-17-8-3-2-4-9-17/h12-13H,2-11H2,1H3. The fraction of sp³-hybridized carbons (Fsp3) is 0.800. The van der Waals surface area contributed by atoms with Crippen LogP contribution in [0.4, 0.5) is 0 Å². The Kier molecular flexibility index (Phi) is 3.69. The maximum Gasteiger partial charge on any atom is 0.108 e. The van der Waals surface area contributed by atoms with E-state index in [1.807, 2.05) is 0 Å². The maximum atomic E-state index is 4.81. The minimum Gasteiger partial charge on any atom is -0.334 e. The van der Waals surface area contributed by atoms with Crippen molar-refractivity contribution >= 4 is 0 Å². The summed E-state index contributed by atoms with van der Waals surface area (Å²) in [5.74, 6) is 2.14. The molecule has 3 rings (SSSR count). The molecule has 0 amide bonds. The topological polar surface area (TPSA) is 21.1 Å². The molecule has 0 N–H and O–H groups in total. The number of hydrogen-bond acceptors (Lipinski definition) is 2. The third-order valence-electron chi connectivity index (χ3n) is 4.41. The van der Waals surface area contributed by atoms with Crippen LogP contribution in [0.5, 0.6) is 0 Å². The summed E-state index contributed by atoms with van der Waals surface area (Å²) in [5.41, 5.74) is 1.31. The van der Waals surface area contributed by atoms with Gasteiger partial charge in [0, 0.05) is 32.1 Å². The van der Waals surface area contributed by atoms with Gasteiger partial charge in [0.15, 0.2) is 0 Å². The van der Waals surface area contributed by atoms with Crippen LogP contribution in [0.15, 0.2) is 6.20 Å². The van der Waals surface area contributed by atoms with E-state index in [9.17, 15) is 0 Å². The van der Waals surface area contributed by atoms with Crippen molar-refractivity contribution in [1.82, 2.24) is 14.5 Å². The Balaban J connectivity index is 1.56. The minimum atomic E-state index is 0.821. The lowest BCUT2D eigenvalue weighted by Gasteiger charge is -2.25. The maximum absolute atomic E-state index is 4.81. The number of aryl methyl sites for hydroxylation is 1. The molecule has 100 valence electrons. The number of hydrogen-bond donors (Lipinski definition) is 0. The van der Waals surface area contributed by atoms with E-state index in [4.69, 9.17) is 4.98 Å². The highest BCUT2D eigenvalue weighted by atomic mass is 15.1. The fourth-order valence-electron chi connectivity index (χ4n) is 3.25. The number of likely N-dealkylation sites (tertiary alicyclic amines) is 1. The largest absolute Gasteiger partial charge is 0.334 e. The number of fused-ring (bicyclic) bond motifs is 1. The molecule has 3 nitrogen and oxygen atoms in total.